The molecule has 0 spiro atoms. The summed E-state index contributed by atoms with van der Waals surface area (Å²) in [5.74, 6) is 0.906. The van der Waals surface area contributed by atoms with Crippen molar-refractivity contribution >= 4 is 0 Å². The van der Waals surface area contributed by atoms with Crippen LogP contribution in [0.4, 0.5) is 0 Å². The van der Waals surface area contributed by atoms with Crippen molar-refractivity contribution in [3.8, 4) is 5.75 Å². The second-order valence-electron chi connectivity index (χ2n) is 4.13. The van der Waals surface area contributed by atoms with Gasteiger partial charge >= 0.3 is 0 Å². The third-order valence-electron chi connectivity index (χ3n) is 2.77. The molecule has 0 aromatic carbocycles. The van der Waals surface area contributed by atoms with E-state index in [1.54, 1.807) is 0 Å². The summed E-state index contributed by atoms with van der Waals surface area (Å²) in [5, 5.41) is 13.0. The van der Waals surface area contributed by atoms with Crippen LogP contribution in [0.2, 0.25) is 0 Å². The minimum absolute atomic E-state index is 0.197. The Labute approximate surface area is 95.5 Å². The fraction of sp³-hybridized carbons (Fsp3) is 0.636. The molecule has 0 atom stereocenters. The van der Waals surface area contributed by atoms with E-state index in [-0.39, 0.29) is 5.75 Å². The number of nitrogens with one attached hydrogen (secondary N) is 1. The molecule has 5 heteroatoms. The third-order valence-corrected chi connectivity index (χ3v) is 2.77. The van der Waals surface area contributed by atoms with Crippen molar-refractivity contribution in [1.82, 2.24) is 20.2 Å². The molecule has 0 unspecified atom stereocenters. The van der Waals surface area contributed by atoms with Crippen LogP contribution in [-0.4, -0.2) is 46.2 Å². The maximum absolute atomic E-state index is 9.67. The maximum Gasteiger partial charge on any atom is 0.156 e. The van der Waals surface area contributed by atoms with E-state index in [2.05, 4.69) is 20.2 Å². The summed E-state index contributed by atoms with van der Waals surface area (Å²) >= 11 is 0. The van der Waals surface area contributed by atoms with Gasteiger partial charge in [-0.3, -0.25) is 4.90 Å². The van der Waals surface area contributed by atoms with Gasteiger partial charge in [-0.15, -0.1) is 0 Å². The third kappa shape index (κ3) is 2.90. The Bertz CT molecular complexity index is 348. The second-order valence-corrected chi connectivity index (χ2v) is 4.13. The van der Waals surface area contributed by atoms with Crippen LogP contribution in [0.5, 0.6) is 5.75 Å². The molecule has 0 amide bonds. The Morgan fingerprint density at radius 2 is 2.31 bits per heavy atom. The predicted octanol–water partition coefficient (Wildman–Crippen LogP) is 0.286. The van der Waals surface area contributed by atoms with Crippen LogP contribution in [0.25, 0.3) is 0 Å². The van der Waals surface area contributed by atoms with Crippen molar-refractivity contribution in [3.63, 3.8) is 0 Å². The van der Waals surface area contributed by atoms with Crippen LogP contribution in [-0.2, 0) is 6.54 Å². The van der Waals surface area contributed by atoms with Crippen LogP contribution in [0.15, 0.2) is 6.20 Å². The van der Waals surface area contributed by atoms with Crippen LogP contribution in [0.3, 0.4) is 0 Å². The first-order valence-electron chi connectivity index (χ1n) is 5.70. The van der Waals surface area contributed by atoms with Crippen molar-refractivity contribution < 1.29 is 5.11 Å². The lowest BCUT2D eigenvalue weighted by molar-refractivity contribution is 0.275. The molecule has 1 saturated heterocycles. The van der Waals surface area contributed by atoms with Gasteiger partial charge in [-0.25, -0.2) is 9.97 Å². The van der Waals surface area contributed by atoms with Crippen molar-refractivity contribution in [2.24, 2.45) is 0 Å². The molecule has 1 aromatic heterocycles. The summed E-state index contributed by atoms with van der Waals surface area (Å²) in [7, 11) is 0. The zero-order valence-corrected chi connectivity index (χ0v) is 9.61. The Morgan fingerprint density at radius 3 is 3.19 bits per heavy atom. The van der Waals surface area contributed by atoms with Gasteiger partial charge in [0.2, 0.25) is 0 Å². The molecule has 0 saturated carbocycles. The van der Waals surface area contributed by atoms with Gasteiger partial charge in [-0.05, 0) is 26.4 Å². The van der Waals surface area contributed by atoms with E-state index < -0.39 is 0 Å². The summed E-state index contributed by atoms with van der Waals surface area (Å²) in [6, 6.07) is 0. The SMILES string of the molecule is Cc1ncc(O)c(CN2CCCNCC2)n1. The molecule has 16 heavy (non-hydrogen) atoms. The number of hydrogen-bond acceptors (Lipinski definition) is 5. The fourth-order valence-corrected chi connectivity index (χ4v) is 1.90. The molecule has 5 nitrogen and oxygen atoms in total. The van der Waals surface area contributed by atoms with E-state index in [0.29, 0.717) is 12.4 Å². The highest BCUT2D eigenvalue weighted by atomic mass is 16.3. The van der Waals surface area contributed by atoms with E-state index >= 15 is 0 Å². The first-order chi connectivity index (χ1) is 7.75. The number of aromatic nitrogens is 2. The van der Waals surface area contributed by atoms with E-state index in [4.69, 9.17) is 0 Å². The van der Waals surface area contributed by atoms with Crippen molar-refractivity contribution in [2.45, 2.75) is 19.9 Å². The van der Waals surface area contributed by atoms with Gasteiger partial charge in [0.05, 0.1) is 11.9 Å². The molecular weight excluding hydrogens is 204 g/mol. The highest BCUT2D eigenvalue weighted by Crippen LogP contribution is 2.15. The highest BCUT2D eigenvalue weighted by molar-refractivity contribution is 5.22. The number of nitrogens with zero attached hydrogens (tertiary/aromatic N) is 3. The monoisotopic (exact) mass is 222 g/mol. The molecule has 1 fully saturated rings. The zero-order chi connectivity index (χ0) is 11.4. The van der Waals surface area contributed by atoms with Crippen LogP contribution < -0.4 is 5.32 Å². The van der Waals surface area contributed by atoms with Crippen LogP contribution in [0.1, 0.15) is 17.9 Å². The fourth-order valence-electron chi connectivity index (χ4n) is 1.90. The molecular formula is C11H18N4O. The molecule has 1 aliphatic heterocycles. The standard InChI is InChI=1S/C11H18N4O/c1-9-13-7-11(16)10(14-9)8-15-5-2-3-12-4-6-15/h7,12,16H,2-6,8H2,1H3. The van der Waals surface area contributed by atoms with E-state index in [9.17, 15) is 5.11 Å². The van der Waals surface area contributed by atoms with Crippen LogP contribution in [0, 0.1) is 6.92 Å². The first kappa shape index (κ1) is 11.3. The topological polar surface area (TPSA) is 61.3 Å². The Balaban J connectivity index is 2.04. The van der Waals surface area contributed by atoms with Crippen LogP contribution >= 0.6 is 0 Å². The van der Waals surface area contributed by atoms with Gasteiger partial charge in [0.15, 0.2) is 5.75 Å². The Morgan fingerprint density at radius 1 is 1.44 bits per heavy atom. The molecule has 0 radical (unpaired) electrons. The number of aromatic hydroxyl groups is 1. The van der Waals surface area contributed by atoms with Crippen molar-refractivity contribution in [3.05, 3.63) is 17.7 Å². The lowest BCUT2D eigenvalue weighted by atomic mass is 10.3. The van der Waals surface area contributed by atoms with Gasteiger partial charge in [0, 0.05) is 19.6 Å². The highest BCUT2D eigenvalue weighted by Gasteiger charge is 2.12. The number of rotatable bonds is 2. The molecule has 2 N–H and O–H groups in total. The summed E-state index contributed by atoms with van der Waals surface area (Å²) in [4.78, 5) is 10.5. The first-order valence-corrected chi connectivity index (χ1v) is 5.70. The normalized spacial score (nSPS) is 18.3. The molecule has 1 aromatic rings. The zero-order valence-electron chi connectivity index (χ0n) is 9.61. The summed E-state index contributed by atoms with van der Waals surface area (Å²) in [6.07, 6.45) is 2.62. The van der Waals surface area contributed by atoms with E-state index in [0.717, 1.165) is 38.3 Å². The molecule has 1 aliphatic rings. The average Bonchev–Trinajstić information content (AvgIpc) is 2.52. The van der Waals surface area contributed by atoms with Crippen molar-refractivity contribution in [2.75, 3.05) is 26.2 Å². The molecule has 2 rings (SSSR count). The quantitative estimate of drug-likeness (QED) is 0.753. The average molecular weight is 222 g/mol. The molecule has 2 heterocycles. The molecule has 0 aliphatic carbocycles. The van der Waals surface area contributed by atoms with Gasteiger partial charge < -0.3 is 10.4 Å². The number of aryl methyl sites for hydroxylation is 1. The van der Waals surface area contributed by atoms with E-state index in [1.807, 2.05) is 6.92 Å². The van der Waals surface area contributed by atoms with Gasteiger partial charge in [0.25, 0.3) is 0 Å². The smallest absolute Gasteiger partial charge is 0.156 e. The minimum Gasteiger partial charge on any atom is -0.504 e. The summed E-state index contributed by atoms with van der Waals surface area (Å²) in [6.45, 7) is 6.68. The Hall–Kier alpha value is -1.20. The van der Waals surface area contributed by atoms with Gasteiger partial charge in [-0.2, -0.15) is 0 Å². The lowest BCUT2D eigenvalue weighted by Crippen LogP contribution is -2.28. The van der Waals surface area contributed by atoms with Gasteiger partial charge in [-0.1, -0.05) is 0 Å². The summed E-state index contributed by atoms with van der Waals surface area (Å²) in [5.41, 5.74) is 0.731. The lowest BCUT2D eigenvalue weighted by Gasteiger charge is -2.19. The van der Waals surface area contributed by atoms with Crippen molar-refractivity contribution in [1.29, 1.82) is 0 Å². The van der Waals surface area contributed by atoms with E-state index in [1.165, 1.54) is 6.20 Å². The Kier molecular flexibility index (Phi) is 3.69. The van der Waals surface area contributed by atoms with Gasteiger partial charge in [0.1, 0.15) is 5.82 Å². The molecule has 0 bridgehead atoms. The predicted molar refractivity (Wildman–Crippen MR) is 61.2 cm³/mol. The maximum atomic E-state index is 9.67. The number of hydrogen-bond donors (Lipinski definition) is 2. The minimum atomic E-state index is 0.197. The summed E-state index contributed by atoms with van der Waals surface area (Å²) < 4.78 is 0. The largest absolute Gasteiger partial charge is 0.504 e. The second kappa shape index (κ2) is 5.23. The molecule has 88 valence electrons.